The fourth-order valence-electron chi connectivity index (χ4n) is 2.72. The van der Waals surface area contributed by atoms with Gasteiger partial charge in [0.1, 0.15) is 17.5 Å². The second-order valence-electron chi connectivity index (χ2n) is 5.40. The molecule has 0 atom stereocenters. The first-order chi connectivity index (χ1) is 9.71. The Morgan fingerprint density at radius 2 is 2.00 bits per heavy atom. The lowest BCUT2D eigenvalue weighted by molar-refractivity contribution is 0.638. The molecular formula is C14H25N5S. The van der Waals surface area contributed by atoms with Crippen LogP contribution >= 0.6 is 11.8 Å². The molecule has 5 nitrogen and oxygen atoms in total. The van der Waals surface area contributed by atoms with E-state index in [4.69, 9.17) is 5.84 Å². The van der Waals surface area contributed by atoms with Crippen molar-refractivity contribution < 1.29 is 0 Å². The lowest BCUT2D eigenvalue weighted by Crippen LogP contribution is -2.30. The minimum Gasteiger partial charge on any atom is -0.369 e. The molecule has 0 unspecified atom stereocenters. The van der Waals surface area contributed by atoms with E-state index in [1.54, 1.807) is 0 Å². The van der Waals surface area contributed by atoms with Crippen molar-refractivity contribution in [3.05, 3.63) is 11.9 Å². The van der Waals surface area contributed by atoms with Crippen LogP contribution < -0.4 is 16.6 Å². The van der Waals surface area contributed by atoms with Gasteiger partial charge in [-0.2, -0.15) is 11.8 Å². The van der Waals surface area contributed by atoms with E-state index in [0.29, 0.717) is 10.6 Å². The van der Waals surface area contributed by atoms with E-state index in [9.17, 15) is 0 Å². The van der Waals surface area contributed by atoms with Crippen LogP contribution in [0.15, 0.2) is 6.07 Å². The second kappa shape index (κ2) is 7.13. The Morgan fingerprint density at radius 3 is 2.60 bits per heavy atom. The predicted molar refractivity (Wildman–Crippen MR) is 87.0 cm³/mol. The quantitative estimate of drug-likeness (QED) is 0.530. The molecule has 0 spiro atoms. The normalized spacial score (nSPS) is 17.1. The van der Waals surface area contributed by atoms with E-state index in [1.807, 2.05) is 17.8 Å². The first-order valence-corrected chi connectivity index (χ1v) is 8.57. The summed E-state index contributed by atoms with van der Waals surface area (Å²) < 4.78 is 0.367. The van der Waals surface area contributed by atoms with Gasteiger partial charge in [-0.25, -0.2) is 15.8 Å². The summed E-state index contributed by atoms with van der Waals surface area (Å²) >= 11 is 1.98. The molecule has 1 saturated carbocycles. The van der Waals surface area contributed by atoms with E-state index < -0.39 is 0 Å². The number of nitrogens with zero attached hydrogens (tertiary/aromatic N) is 2. The first-order valence-electron chi connectivity index (χ1n) is 7.35. The van der Waals surface area contributed by atoms with Crippen LogP contribution in [-0.4, -0.2) is 27.5 Å². The molecule has 1 aromatic rings. The number of hydrazine groups is 1. The van der Waals surface area contributed by atoms with Crippen molar-refractivity contribution in [1.29, 1.82) is 0 Å². The lowest BCUT2D eigenvalue weighted by Gasteiger charge is -2.27. The molecule has 0 radical (unpaired) electrons. The highest BCUT2D eigenvalue weighted by Crippen LogP contribution is 2.40. The molecule has 6 heteroatoms. The van der Waals surface area contributed by atoms with Crippen molar-refractivity contribution in [2.45, 2.75) is 50.2 Å². The van der Waals surface area contributed by atoms with Crippen molar-refractivity contribution in [3.63, 3.8) is 0 Å². The van der Waals surface area contributed by atoms with E-state index >= 15 is 0 Å². The Balaban J connectivity index is 2.06. The van der Waals surface area contributed by atoms with Crippen LogP contribution in [0.5, 0.6) is 0 Å². The third kappa shape index (κ3) is 3.76. The van der Waals surface area contributed by atoms with Gasteiger partial charge >= 0.3 is 0 Å². The smallest absolute Gasteiger partial charge is 0.145 e. The lowest BCUT2D eigenvalue weighted by atomic mass is 10.1. The Labute approximate surface area is 125 Å². The summed E-state index contributed by atoms with van der Waals surface area (Å²) in [6, 6.07) is 1.88. The van der Waals surface area contributed by atoms with Gasteiger partial charge in [0.25, 0.3) is 0 Å². The Bertz CT molecular complexity index is 432. The maximum atomic E-state index is 5.48. The van der Waals surface area contributed by atoms with Crippen LogP contribution in [0.3, 0.4) is 0 Å². The zero-order valence-corrected chi connectivity index (χ0v) is 13.2. The van der Waals surface area contributed by atoms with Crippen LogP contribution in [0, 0.1) is 0 Å². The van der Waals surface area contributed by atoms with E-state index in [0.717, 1.165) is 31.0 Å². The summed E-state index contributed by atoms with van der Waals surface area (Å²) in [4.78, 5) is 8.94. The highest BCUT2D eigenvalue weighted by Gasteiger charge is 2.32. The molecule has 20 heavy (non-hydrogen) atoms. The zero-order valence-electron chi connectivity index (χ0n) is 12.4. The molecule has 1 aliphatic carbocycles. The number of nitrogens with two attached hydrogens (primary N) is 1. The SMILES string of the molecule is CCCc1nc(NN)cc(NCC2(SC)CCCC2)n1. The zero-order chi connectivity index (χ0) is 14.4. The van der Waals surface area contributed by atoms with Gasteiger partial charge in [0, 0.05) is 23.8 Å². The van der Waals surface area contributed by atoms with Gasteiger partial charge in [-0.15, -0.1) is 0 Å². The van der Waals surface area contributed by atoms with Gasteiger partial charge in [0.2, 0.25) is 0 Å². The molecule has 112 valence electrons. The van der Waals surface area contributed by atoms with Crippen molar-refractivity contribution in [1.82, 2.24) is 9.97 Å². The molecule has 0 aromatic carbocycles. The number of hydrogen-bond acceptors (Lipinski definition) is 6. The minimum absolute atomic E-state index is 0.367. The van der Waals surface area contributed by atoms with Gasteiger partial charge in [0.05, 0.1) is 0 Å². The second-order valence-corrected chi connectivity index (χ2v) is 6.67. The standard InChI is InChI=1S/C14H25N5S/c1-3-6-11-17-12(9-13(18-11)19-15)16-10-14(20-2)7-4-5-8-14/h9H,3-8,10,15H2,1-2H3,(H2,16,17,18,19). The van der Waals surface area contributed by atoms with Crippen LogP contribution in [0.2, 0.25) is 0 Å². The molecular weight excluding hydrogens is 270 g/mol. The maximum Gasteiger partial charge on any atom is 0.145 e. The molecule has 1 fully saturated rings. The number of aryl methyl sites for hydroxylation is 1. The van der Waals surface area contributed by atoms with E-state index in [1.165, 1.54) is 25.7 Å². The van der Waals surface area contributed by atoms with Crippen LogP contribution in [-0.2, 0) is 6.42 Å². The average Bonchev–Trinajstić information content (AvgIpc) is 2.95. The molecule has 0 amide bonds. The summed E-state index contributed by atoms with van der Waals surface area (Å²) in [6.07, 6.45) is 9.36. The summed E-state index contributed by atoms with van der Waals surface area (Å²) in [7, 11) is 0. The highest BCUT2D eigenvalue weighted by molar-refractivity contribution is 8.00. The third-order valence-corrected chi connectivity index (χ3v) is 5.35. The van der Waals surface area contributed by atoms with Gasteiger partial charge in [-0.1, -0.05) is 19.8 Å². The largest absolute Gasteiger partial charge is 0.369 e. The van der Waals surface area contributed by atoms with E-state index in [-0.39, 0.29) is 0 Å². The Hall–Kier alpha value is -1.01. The van der Waals surface area contributed by atoms with Crippen molar-refractivity contribution in [2.75, 3.05) is 23.5 Å². The fraction of sp³-hybridized carbons (Fsp3) is 0.714. The van der Waals surface area contributed by atoms with Crippen molar-refractivity contribution in [2.24, 2.45) is 5.84 Å². The Kier molecular flexibility index (Phi) is 5.48. The van der Waals surface area contributed by atoms with Crippen molar-refractivity contribution >= 4 is 23.4 Å². The summed E-state index contributed by atoms with van der Waals surface area (Å²) in [6.45, 7) is 3.08. The number of aromatic nitrogens is 2. The predicted octanol–water partition coefficient (Wildman–Crippen LogP) is 2.80. The fourth-order valence-corrected chi connectivity index (χ4v) is 3.63. The van der Waals surface area contributed by atoms with Gasteiger partial charge < -0.3 is 10.7 Å². The molecule has 4 N–H and O–H groups in total. The average molecular weight is 295 g/mol. The number of hydrogen-bond donors (Lipinski definition) is 3. The summed E-state index contributed by atoms with van der Waals surface area (Å²) in [5.74, 6) is 7.87. The molecule has 1 aliphatic rings. The molecule has 1 aromatic heterocycles. The minimum atomic E-state index is 0.367. The number of thioether (sulfide) groups is 1. The molecule has 0 saturated heterocycles. The molecule has 0 bridgehead atoms. The van der Waals surface area contributed by atoms with Gasteiger partial charge in [-0.05, 0) is 25.5 Å². The van der Waals surface area contributed by atoms with Crippen LogP contribution in [0.25, 0.3) is 0 Å². The maximum absolute atomic E-state index is 5.48. The van der Waals surface area contributed by atoms with Crippen molar-refractivity contribution in [3.8, 4) is 0 Å². The third-order valence-electron chi connectivity index (χ3n) is 3.93. The monoisotopic (exact) mass is 295 g/mol. The number of nitrogen functional groups attached to an aromatic ring is 1. The molecule has 0 aliphatic heterocycles. The number of rotatable bonds is 7. The number of nitrogens with one attached hydrogen (secondary N) is 2. The first kappa shape index (κ1) is 15.4. The number of anilines is 2. The highest BCUT2D eigenvalue weighted by atomic mass is 32.2. The topological polar surface area (TPSA) is 75.9 Å². The van der Waals surface area contributed by atoms with Crippen LogP contribution in [0.1, 0.15) is 44.9 Å². The summed E-state index contributed by atoms with van der Waals surface area (Å²) in [5, 5.41) is 3.48. The summed E-state index contributed by atoms with van der Waals surface area (Å²) in [5.41, 5.74) is 2.62. The molecule has 2 rings (SSSR count). The Morgan fingerprint density at radius 1 is 1.30 bits per heavy atom. The van der Waals surface area contributed by atoms with Gasteiger partial charge in [0.15, 0.2) is 0 Å². The van der Waals surface area contributed by atoms with Crippen LogP contribution in [0.4, 0.5) is 11.6 Å². The van der Waals surface area contributed by atoms with Gasteiger partial charge in [-0.3, -0.25) is 0 Å². The molecule has 1 heterocycles. The van der Waals surface area contributed by atoms with E-state index in [2.05, 4.69) is 33.9 Å².